The second-order valence-electron chi connectivity index (χ2n) is 8.22. The van der Waals surface area contributed by atoms with Crippen molar-refractivity contribution in [3.8, 4) is 5.75 Å². The highest BCUT2D eigenvalue weighted by Gasteiger charge is 2.38. The molecule has 0 unspecified atom stereocenters. The van der Waals surface area contributed by atoms with Gasteiger partial charge >= 0.3 is 0 Å². The number of nitrogens with one attached hydrogen (secondary N) is 1. The largest absolute Gasteiger partial charge is 0.490 e. The molecule has 0 bridgehead atoms. The Morgan fingerprint density at radius 2 is 1.83 bits per heavy atom. The summed E-state index contributed by atoms with van der Waals surface area (Å²) in [5, 5.41) is 0. The van der Waals surface area contributed by atoms with Gasteiger partial charge in [-0.1, -0.05) is 29.8 Å². The fraction of sp³-hybridized carbons (Fsp3) is 0.381. The summed E-state index contributed by atoms with van der Waals surface area (Å²) in [4.78, 5) is 15.0. The number of halogens is 1. The van der Waals surface area contributed by atoms with Gasteiger partial charge < -0.3 is 9.64 Å². The summed E-state index contributed by atoms with van der Waals surface area (Å²) in [5.74, 6) is 0.762. The number of benzene rings is 2. The molecule has 0 radical (unpaired) electrons. The molecule has 0 spiro atoms. The number of hydrogen-bond acceptors (Lipinski definition) is 4. The van der Waals surface area contributed by atoms with Crippen molar-refractivity contribution in [2.24, 2.45) is 11.3 Å². The molecule has 8 heteroatoms. The summed E-state index contributed by atoms with van der Waals surface area (Å²) >= 11 is 3.30. The number of nitrogens with zero attached hydrogens (tertiary/aromatic N) is 1. The number of ether oxygens (including phenoxy) is 1. The molecule has 0 aliphatic carbocycles. The van der Waals surface area contributed by atoms with E-state index in [-0.39, 0.29) is 23.3 Å². The number of carbonyl (C=O) groups is 1. The topological polar surface area (TPSA) is 75.7 Å². The molecule has 0 aromatic heterocycles. The van der Waals surface area contributed by atoms with Gasteiger partial charge in [0.1, 0.15) is 12.4 Å². The third-order valence-electron chi connectivity index (χ3n) is 4.59. The van der Waals surface area contributed by atoms with Crippen LogP contribution < -0.4 is 14.4 Å². The van der Waals surface area contributed by atoms with Crippen molar-refractivity contribution >= 4 is 43.2 Å². The van der Waals surface area contributed by atoms with Crippen LogP contribution in [0.15, 0.2) is 51.8 Å². The Bertz CT molecular complexity index is 1020. The molecule has 1 aliphatic heterocycles. The average Bonchev–Trinajstić information content (AvgIpc) is 2.72. The van der Waals surface area contributed by atoms with Gasteiger partial charge in [0.2, 0.25) is 5.91 Å². The fourth-order valence-corrected chi connectivity index (χ4v) is 4.40. The van der Waals surface area contributed by atoms with Gasteiger partial charge in [-0.05, 0) is 62.2 Å². The predicted molar refractivity (Wildman–Crippen MR) is 118 cm³/mol. The predicted octanol–water partition coefficient (Wildman–Crippen LogP) is 4.66. The van der Waals surface area contributed by atoms with Crippen LogP contribution in [0.2, 0.25) is 0 Å². The summed E-state index contributed by atoms with van der Waals surface area (Å²) in [6.07, 6.45) is 0. The third kappa shape index (κ3) is 4.75. The normalized spacial score (nSPS) is 16.2. The Labute approximate surface area is 180 Å². The highest BCUT2D eigenvalue weighted by atomic mass is 79.9. The molecule has 156 valence electrons. The first-order valence-electron chi connectivity index (χ1n) is 9.37. The van der Waals surface area contributed by atoms with E-state index in [0.717, 1.165) is 4.47 Å². The molecule has 29 heavy (non-hydrogen) atoms. The minimum Gasteiger partial charge on any atom is -0.490 e. The van der Waals surface area contributed by atoms with Crippen molar-refractivity contribution in [2.45, 2.75) is 32.6 Å². The van der Waals surface area contributed by atoms with Crippen LogP contribution in [-0.2, 0) is 14.8 Å². The number of anilines is 2. The monoisotopic (exact) mass is 480 g/mol. The van der Waals surface area contributed by atoms with Crippen LogP contribution in [0.1, 0.15) is 27.7 Å². The van der Waals surface area contributed by atoms with Gasteiger partial charge in [0.25, 0.3) is 10.0 Å². The van der Waals surface area contributed by atoms with Gasteiger partial charge in [0, 0.05) is 11.0 Å². The smallest absolute Gasteiger partial charge is 0.261 e. The van der Waals surface area contributed by atoms with Gasteiger partial charge in [-0.25, -0.2) is 8.42 Å². The van der Waals surface area contributed by atoms with Crippen LogP contribution in [0.4, 0.5) is 11.4 Å². The van der Waals surface area contributed by atoms with Gasteiger partial charge in [-0.3, -0.25) is 9.52 Å². The first-order chi connectivity index (χ1) is 13.5. The number of amides is 1. The van der Waals surface area contributed by atoms with Gasteiger partial charge in [-0.15, -0.1) is 0 Å². The number of fused-ring (bicyclic) bond motifs is 1. The lowest BCUT2D eigenvalue weighted by Crippen LogP contribution is -2.43. The molecule has 1 aliphatic rings. The van der Waals surface area contributed by atoms with Crippen molar-refractivity contribution in [1.82, 2.24) is 0 Å². The van der Waals surface area contributed by atoms with Crippen LogP contribution >= 0.6 is 15.9 Å². The summed E-state index contributed by atoms with van der Waals surface area (Å²) in [6, 6.07) is 11.4. The second-order valence-corrected chi connectivity index (χ2v) is 10.8. The number of hydrogen-bond donors (Lipinski definition) is 1. The molecule has 2 aromatic carbocycles. The van der Waals surface area contributed by atoms with Crippen molar-refractivity contribution in [1.29, 1.82) is 0 Å². The van der Waals surface area contributed by atoms with E-state index in [1.165, 1.54) is 12.1 Å². The molecule has 0 saturated carbocycles. The van der Waals surface area contributed by atoms with E-state index in [1.54, 1.807) is 35.2 Å². The molecule has 1 amide bonds. The summed E-state index contributed by atoms with van der Waals surface area (Å²) in [7, 11) is -3.76. The Morgan fingerprint density at radius 1 is 1.17 bits per heavy atom. The summed E-state index contributed by atoms with van der Waals surface area (Å²) in [5.41, 5.74) is 0.271. The van der Waals surface area contributed by atoms with Crippen LogP contribution in [0.25, 0.3) is 0 Å². The number of rotatable bonds is 5. The van der Waals surface area contributed by atoms with E-state index >= 15 is 0 Å². The highest BCUT2D eigenvalue weighted by Crippen LogP contribution is 2.39. The van der Waals surface area contributed by atoms with Crippen LogP contribution in [-0.4, -0.2) is 27.5 Å². The maximum atomic E-state index is 13.1. The molecular formula is C21H25BrN2O4S. The molecule has 3 rings (SSSR count). The Hall–Kier alpha value is -2.06. The summed E-state index contributed by atoms with van der Waals surface area (Å²) in [6.45, 7) is 8.55. The zero-order chi connectivity index (χ0) is 21.4. The highest BCUT2D eigenvalue weighted by molar-refractivity contribution is 9.10. The minimum atomic E-state index is -3.76. The van der Waals surface area contributed by atoms with Crippen molar-refractivity contribution in [2.75, 3.05) is 22.8 Å². The van der Waals surface area contributed by atoms with Gasteiger partial charge in [0.15, 0.2) is 0 Å². The molecule has 1 N–H and O–H groups in total. The fourth-order valence-electron chi connectivity index (χ4n) is 3.08. The van der Waals surface area contributed by atoms with E-state index < -0.39 is 15.4 Å². The lowest BCUT2D eigenvalue weighted by atomic mass is 9.92. The Morgan fingerprint density at radius 3 is 2.45 bits per heavy atom. The molecule has 6 nitrogen and oxygen atoms in total. The zero-order valence-electron chi connectivity index (χ0n) is 16.9. The van der Waals surface area contributed by atoms with Crippen molar-refractivity contribution < 1.29 is 17.9 Å². The van der Waals surface area contributed by atoms with E-state index in [4.69, 9.17) is 4.74 Å². The van der Waals surface area contributed by atoms with Crippen molar-refractivity contribution in [3.63, 3.8) is 0 Å². The lowest BCUT2D eigenvalue weighted by Gasteiger charge is -2.29. The maximum Gasteiger partial charge on any atom is 0.261 e. The lowest BCUT2D eigenvalue weighted by molar-refractivity contribution is -0.127. The van der Waals surface area contributed by atoms with Crippen molar-refractivity contribution in [3.05, 3.63) is 46.9 Å². The summed E-state index contributed by atoms with van der Waals surface area (Å²) < 4.78 is 34.8. The minimum absolute atomic E-state index is 0.0436. The average molecular weight is 481 g/mol. The maximum absolute atomic E-state index is 13.1. The van der Waals surface area contributed by atoms with Gasteiger partial charge in [0.05, 0.1) is 21.7 Å². The van der Waals surface area contributed by atoms with Crippen LogP contribution in [0.3, 0.4) is 0 Å². The van der Waals surface area contributed by atoms with E-state index in [2.05, 4.69) is 20.7 Å². The number of carbonyl (C=O) groups excluding carboxylic acids is 1. The van der Waals surface area contributed by atoms with Crippen LogP contribution in [0, 0.1) is 11.3 Å². The zero-order valence-corrected chi connectivity index (χ0v) is 19.3. The molecule has 2 aromatic rings. The van der Waals surface area contributed by atoms with E-state index in [0.29, 0.717) is 23.7 Å². The van der Waals surface area contributed by atoms with Crippen LogP contribution in [0.5, 0.6) is 5.75 Å². The first-order valence-corrected chi connectivity index (χ1v) is 11.6. The number of sulfonamides is 1. The molecule has 0 fully saturated rings. The standard InChI is InChI=1S/C21H25BrN2O4S/c1-14(2)12-24-18-11-16(7-10-19(18)28-13-21(3,4)20(24)25)23-29(26,27)17-8-5-15(22)6-9-17/h5-11,14,23H,12-13H2,1-4H3. The quantitative estimate of drug-likeness (QED) is 0.674. The van der Waals surface area contributed by atoms with E-state index in [9.17, 15) is 13.2 Å². The van der Waals surface area contributed by atoms with Gasteiger partial charge in [-0.2, -0.15) is 0 Å². The third-order valence-corrected chi connectivity index (χ3v) is 6.51. The molecule has 0 atom stereocenters. The Balaban J connectivity index is 1.99. The molecular weight excluding hydrogens is 456 g/mol. The molecule has 0 saturated heterocycles. The first kappa shape index (κ1) is 21.6. The van der Waals surface area contributed by atoms with E-state index in [1.807, 2.05) is 27.7 Å². The Kier molecular flexibility index (Phi) is 5.96. The SMILES string of the molecule is CC(C)CN1C(=O)C(C)(C)COc2ccc(NS(=O)(=O)c3ccc(Br)cc3)cc21. The molecule has 1 heterocycles. The second kappa shape index (κ2) is 7.99.